The molecule has 0 saturated carbocycles. The van der Waals surface area contributed by atoms with E-state index in [0.29, 0.717) is 13.1 Å². The Morgan fingerprint density at radius 1 is 1.20 bits per heavy atom. The first kappa shape index (κ1) is 18.7. The summed E-state index contributed by atoms with van der Waals surface area (Å²) in [5, 5.41) is 0. The molecule has 4 heteroatoms. The van der Waals surface area contributed by atoms with Crippen molar-refractivity contribution < 1.29 is 4.79 Å². The molecule has 0 N–H and O–H groups in total. The molecular weight excluding hydrogens is 310 g/mol. The molecule has 1 fully saturated rings. The number of allylic oxidation sites excluding steroid dienone is 5. The van der Waals surface area contributed by atoms with E-state index in [-0.39, 0.29) is 12.1 Å². The molecule has 1 aromatic carbocycles. The van der Waals surface area contributed by atoms with Crippen molar-refractivity contribution in [2.75, 3.05) is 18.0 Å². The van der Waals surface area contributed by atoms with Gasteiger partial charge >= 0.3 is 6.03 Å². The first-order valence-electron chi connectivity index (χ1n) is 8.82. The molecule has 4 nitrogen and oxygen atoms in total. The number of carbonyl (C=O) groups excluding carboxylic acids is 1. The van der Waals surface area contributed by atoms with Gasteiger partial charge in [0.2, 0.25) is 0 Å². The molecule has 1 saturated heterocycles. The van der Waals surface area contributed by atoms with Gasteiger partial charge in [0.05, 0.1) is 19.1 Å². The third-order valence-corrected chi connectivity index (χ3v) is 3.95. The molecule has 2 amide bonds. The van der Waals surface area contributed by atoms with Crippen molar-refractivity contribution in [3.8, 4) is 0 Å². The van der Waals surface area contributed by atoms with Crippen LogP contribution in [0, 0.1) is 0 Å². The number of benzene rings is 1. The van der Waals surface area contributed by atoms with Crippen molar-refractivity contribution in [3.63, 3.8) is 0 Å². The summed E-state index contributed by atoms with van der Waals surface area (Å²) >= 11 is 0. The van der Waals surface area contributed by atoms with Gasteiger partial charge in [0, 0.05) is 17.6 Å². The van der Waals surface area contributed by atoms with Crippen LogP contribution in [0.4, 0.5) is 10.5 Å². The van der Waals surface area contributed by atoms with Crippen molar-refractivity contribution in [2.24, 2.45) is 4.99 Å². The topological polar surface area (TPSA) is 35.9 Å². The highest BCUT2D eigenvalue weighted by molar-refractivity contribution is 5.94. The lowest BCUT2D eigenvalue weighted by molar-refractivity contribution is 0.207. The lowest BCUT2D eigenvalue weighted by Gasteiger charge is -2.39. The molecule has 2 rings (SSSR count). The maximum absolute atomic E-state index is 13.1. The summed E-state index contributed by atoms with van der Waals surface area (Å²) < 4.78 is 0. The number of hydrogen-bond acceptors (Lipinski definition) is 2. The fourth-order valence-corrected chi connectivity index (χ4v) is 2.82. The van der Waals surface area contributed by atoms with Gasteiger partial charge in [-0.25, -0.2) is 4.79 Å². The summed E-state index contributed by atoms with van der Waals surface area (Å²) in [6.45, 7) is 7.19. The fourth-order valence-electron chi connectivity index (χ4n) is 2.82. The number of hydrogen-bond donors (Lipinski definition) is 0. The minimum atomic E-state index is 0.00137. The van der Waals surface area contributed by atoms with E-state index in [2.05, 4.69) is 18.0 Å². The minimum absolute atomic E-state index is 0.00137. The van der Waals surface area contributed by atoms with Crippen LogP contribution >= 0.6 is 0 Å². The molecule has 25 heavy (non-hydrogen) atoms. The molecule has 0 aliphatic carbocycles. The van der Waals surface area contributed by atoms with Crippen LogP contribution in [-0.2, 0) is 0 Å². The molecule has 1 aliphatic rings. The first-order valence-corrected chi connectivity index (χ1v) is 8.82. The lowest BCUT2D eigenvalue weighted by atomic mass is 10.1. The van der Waals surface area contributed by atoms with Crippen molar-refractivity contribution in [1.82, 2.24) is 4.90 Å². The van der Waals surface area contributed by atoms with E-state index in [1.807, 2.05) is 84.5 Å². The van der Waals surface area contributed by atoms with Crippen LogP contribution in [0.5, 0.6) is 0 Å². The zero-order valence-electron chi connectivity index (χ0n) is 15.3. The normalized spacial score (nSPS) is 19.7. The minimum Gasteiger partial charge on any atom is -0.292 e. The van der Waals surface area contributed by atoms with Crippen LogP contribution in [0.1, 0.15) is 27.2 Å². The van der Waals surface area contributed by atoms with Gasteiger partial charge in [-0.05, 0) is 44.6 Å². The molecule has 0 radical (unpaired) electrons. The largest absolute Gasteiger partial charge is 0.329 e. The highest BCUT2D eigenvalue weighted by atomic mass is 16.2. The number of rotatable bonds is 6. The van der Waals surface area contributed by atoms with Crippen molar-refractivity contribution >= 4 is 17.9 Å². The maximum atomic E-state index is 13.1. The Morgan fingerprint density at radius 2 is 1.96 bits per heavy atom. The quantitative estimate of drug-likeness (QED) is 0.542. The van der Waals surface area contributed by atoms with Gasteiger partial charge in [0.15, 0.2) is 0 Å². The Balaban J connectivity index is 2.37. The molecule has 1 atom stereocenters. The van der Waals surface area contributed by atoms with Crippen LogP contribution in [0.15, 0.2) is 71.4 Å². The summed E-state index contributed by atoms with van der Waals surface area (Å²) in [6.07, 6.45) is 12.6. The van der Waals surface area contributed by atoms with E-state index in [9.17, 15) is 4.79 Å². The number of carbonyl (C=O) groups is 1. The van der Waals surface area contributed by atoms with Crippen LogP contribution in [0.3, 0.4) is 0 Å². The number of aliphatic imine (C=N–C) groups is 1. The molecule has 1 aliphatic heterocycles. The van der Waals surface area contributed by atoms with Gasteiger partial charge in [-0.3, -0.25) is 14.8 Å². The Labute approximate surface area is 150 Å². The summed E-state index contributed by atoms with van der Waals surface area (Å²) in [4.78, 5) is 21.4. The zero-order valence-corrected chi connectivity index (χ0v) is 15.3. The van der Waals surface area contributed by atoms with Crippen LogP contribution in [-0.4, -0.2) is 36.3 Å². The van der Waals surface area contributed by atoms with Crippen LogP contribution in [0.25, 0.3) is 0 Å². The third kappa shape index (κ3) is 4.92. The maximum Gasteiger partial charge on any atom is 0.329 e. The van der Waals surface area contributed by atoms with E-state index in [0.717, 1.165) is 17.8 Å². The fraction of sp³-hybridized carbons (Fsp3) is 0.333. The Bertz CT molecular complexity index is 674. The van der Waals surface area contributed by atoms with E-state index in [4.69, 9.17) is 0 Å². The van der Waals surface area contributed by atoms with Gasteiger partial charge in [0.1, 0.15) is 0 Å². The predicted octanol–water partition coefficient (Wildman–Crippen LogP) is 4.81. The standard InChI is InChI=1S/C21H27N3O/c1-4-7-15-22-18-16-23(19(11-5-2)12-6-3)21(25)24(17-18)20-13-9-8-10-14-20/h4-5,7-15,18H,6,16-17H2,1-3H3/b7-4-,11-5?,19-12?,22-15?. The van der Waals surface area contributed by atoms with E-state index >= 15 is 0 Å². The second-order valence-electron chi connectivity index (χ2n) is 5.85. The molecule has 1 heterocycles. The van der Waals surface area contributed by atoms with E-state index in [1.54, 1.807) is 0 Å². The summed E-state index contributed by atoms with van der Waals surface area (Å²) in [7, 11) is 0. The Hall–Kier alpha value is -2.62. The van der Waals surface area contributed by atoms with Crippen molar-refractivity contribution in [2.45, 2.75) is 33.2 Å². The number of para-hydroxylation sites is 1. The average Bonchev–Trinajstić information content (AvgIpc) is 2.63. The van der Waals surface area contributed by atoms with Gasteiger partial charge in [0.25, 0.3) is 0 Å². The van der Waals surface area contributed by atoms with Crippen molar-refractivity contribution in [3.05, 3.63) is 66.4 Å². The smallest absolute Gasteiger partial charge is 0.292 e. The number of anilines is 1. The second kappa shape index (κ2) is 9.62. The average molecular weight is 337 g/mol. The van der Waals surface area contributed by atoms with Crippen LogP contribution < -0.4 is 4.90 Å². The second-order valence-corrected chi connectivity index (χ2v) is 5.85. The summed E-state index contributed by atoms with van der Waals surface area (Å²) in [6, 6.07) is 9.82. The molecule has 0 aromatic heterocycles. The third-order valence-electron chi connectivity index (χ3n) is 3.95. The molecule has 0 bridgehead atoms. The van der Waals surface area contributed by atoms with Crippen molar-refractivity contribution in [1.29, 1.82) is 0 Å². The lowest BCUT2D eigenvalue weighted by Crippen LogP contribution is -2.54. The monoisotopic (exact) mass is 337 g/mol. The highest BCUT2D eigenvalue weighted by Gasteiger charge is 2.33. The van der Waals surface area contributed by atoms with Gasteiger partial charge in [-0.15, -0.1) is 0 Å². The number of amides is 2. The van der Waals surface area contributed by atoms with Gasteiger partial charge in [-0.2, -0.15) is 0 Å². The molecular formula is C21H27N3O. The molecule has 1 unspecified atom stereocenters. The van der Waals surface area contributed by atoms with Crippen LogP contribution in [0.2, 0.25) is 0 Å². The summed E-state index contributed by atoms with van der Waals surface area (Å²) in [5.41, 5.74) is 1.83. The number of urea groups is 1. The van der Waals surface area contributed by atoms with E-state index < -0.39 is 0 Å². The summed E-state index contributed by atoms with van der Waals surface area (Å²) in [5.74, 6) is 0. The van der Waals surface area contributed by atoms with Gasteiger partial charge in [-0.1, -0.05) is 43.4 Å². The molecule has 1 aromatic rings. The zero-order chi connectivity index (χ0) is 18.1. The highest BCUT2D eigenvalue weighted by Crippen LogP contribution is 2.24. The Kier molecular flexibility index (Phi) is 7.20. The van der Waals surface area contributed by atoms with E-state index in [1.165, 1.54) is 0 Å². The molecule has 0 spiro atoms. The SMILES string of the molecule is CC=CC(=CCC)N1CC(N=C/C=C\C)CN(c2ccccc2)C1=O. The number of nitrogens with zero attached hydrogens (tertiary/aromatic N) is 3. The molecule has 132 valence electrons. The predicted molar refractivity (Wildman–Crippen MR) is 106 cm³/mol. The Morgan fingerprint density at radius 3 is 2.60 bits per heavy atom. The van der Waals surface area contributed by atoms with Gasteiger partial charge < -0.3 is 0 Å². The first-order chi connectivity index (χ1) is 12.2.